The Labute approximate surface area is 202 Å². The number of benzene rings is 1. The summed E-state index contributed by atoms with van der Waals surface area (Å²) < 4.78 is 1.78. The van der Waals surface area contributed by atoms with E-state index >= 15 is 0 Å². The van der Waals surface area contributed by atoms with Crippen molar-refractivity contribution in [2.24, 2.45) is 7.05 Å². The lowest BCUT2D eigenvalue weighted by molar-refractivity contribution is 0.602. The van der Waals surface area contributed by atoms with Crippen molar-refractivity contribution in [3.05, 3.63) is 90.6 Å². The topological polar surface area (TPSA) is 93.7 Å². The first-order chi connectivity index (χ1) is 16.5. The smallest absolute Gasteiger partial charge is 0.146 e. The molecule has 0 bridgehead atoms. The average molecular weight is 458 g/mol. The molecule has 178 valence electrons. The molecule has 3 aromatic heterocycles. The highest BCUT2D eigenvalue weighted by Crippen LogP contribution is 2.24. The van der Waals surface area contributed by atoms with E-state index in [1.165, 1.54) is 5.56 Å². The number of aryl methyl sites for hydroxylation is 2. The molecule has 1 atom stereocenters. The molecule has 34 heavy (non-hydrogen) atoms. The van der Waals surface area contributed by atoms with Crippen molar-refractivity contribution < 1.29 is 0 Å². The van der Waals surface area contributed by atoms with Crippen LogP contribution in [0.15, 0.2) is 79.4 Å². The summed E-state index contributed by atoms with van der Waals surface area (Å²) in [4.78, 5) is 8.67. The second-order valence-corrected chi connectivity index (χ2v) is 8.33. The second-order valence-electron chi connectivity index (χ2n) is 8.33. The van der Waals surface area contributed by atoms with Crippen LogP contribution in [0.3, 0.4) is 0 Å². The summed E-state index contributed by atoms with van der Waals surface area (Å²) >= 11 is 0. The molecule has 4 N–H and O–H groups in total. The molecule has 7 heteroatoms. The Morgan fingerprint density at radius 1 is 0.941 bits per heavy atom. The predicted octanol–water partition coefficient (Wildman–Crippen LogP) is 4.65. The lowest BCUT2D eigenvalue weighted by atomic mass is 10.0. The molecule has 1 aromatic carbocycles. The van der Waals surface area contributed by atoms with Crippen LogP contribution in [0.4, 0.5) is 11.5 Å². The number of aromatic nitrogens is 4. The molecular formula is C27H35N7. The van der Waals surface area contributed by atoms with Gasteiger partial charge in [-0.25, -0.2) is 4.98 Å². The standard InChI is InChI=1S/C21H29N7.C6H6/c1-15(17-6-5-16(2)25-11-17)10-23-7-4-8-24-20-9-18(12-26-21(20)22)19-13-27-28(3)14-19;1-2-4-6-5-3-1/h5-6,9,11-15,23-24H,4,7-8,10H2,1-3H3,(H2,22,26);1-6H. The lowest BCUT2D eigenvalue weighted by Gasteiger charge is -2.14. The maximum absolute atomic E-state index is 6.01. The van der Waals surface area contributed by atoms with Crippen LogP contribution in [0.1, 0.15) is 30.5 Å². The number of hydrogen-bond donors (Lipinski definition) is 3. The molecule has 0 saturated carbocycles. The number of nitrogens with one attached hydrogen (secondary N) is 2. The summed E-state index contributed by atoms with van der Waals surface area (Å²) in [6, 6.07) is 18.2. The van der Waals surface area contributed by atoms with Gasteiger partial charge in [-0.05, 0) is 43.5 Å². The van der Waals surface area contributed by atoms with E-state index in [1.54, 1.807) is 10.9 Å². The van der Waals surface area contributed by atoms with Crippen molar-refractivity contribution >= 4 is 11.5 Å². The van der Waals surface area contributed by atoms with E-state index in [0.717, 1.165) is 48.6 Å². The van der Waals surface area contributed by atoms with Crippen LogP contribution in [0, 0.1) is 6.92 Å². The highest BCUT2D eigenvalue weighted by atomic mass is 15.2. The van der Waals surface area contributed by atoms with Gasteiger partial charge in [0.25, 0.3) is 0 Å². The third-order valence-corrected chi connectivity index (χ3v) is 5.42. The SMILES string of the molecule is Cc1ccc(C(C)CNCCCNc2cc(-c3cnn(C)c3)cnc2N)cn1.c1ccccc1. The molecule has 0 radical (unpaired) electrons. The Bertz CT molecular complexity index is 1080. The number of nitrogens with two attached hydrogens (primary N) is 1. The van der Waals surface area contributed by atoms with Gasteiger partial charge in [0.1, 0.15) is 5.82 Å². The molecular weight excluding hydrogens is 422 g/mol. The fourth-order valence-electron chi connectivity index (χ4n) is 3.37. The molecule has 0 aliphatic rings. The van der Waals surface area contributed by atoms with Gasteiger partial charge in [-0.15, -0.1) is 0 Å². The molecule has 7 nitrogen and oxygen atoms in total. The van der Waals surface area contributed by atoms with Crippen LogP contribution in [-0.2, 0) is 7.05 Å². The molecule has 4 aromatic rings. The quantitative estimate of drug-likeness (QED) is 0.317. The maximum atomic E-state index is 6.01. The Hall–Kier alpha value is -3.71. The Kier molecular flexibility index (Phi) is 9.61. The van der Waals surface area contributed by atoms with Gasteiger partial charge in [0.15, 0.2) is 0 Å². The summed E-state index contributed by atoms with van der Waals surface area (Å²) in [5.41, 5.74) is 11.2. The van der Waals surface area contributed by atoms with Gasteiger partial charge in [0, 0.05) is 55.5 Å². The van der Waals surface area contributed by atoms with Crippen molar-refractivity contribution in [1.29, 1.82) is 0 Å². The number of nitrogens with zero attached hydrogens (tertiary/aromatic N) is 4. The molecule has 0 amide bonds. The highest BCUT2D eigenvalue weighted by molar-refractivity contribution is 5.72. The van der Waals surface area contributed by atoms with Gasteiger partial charge < -0.3 is 16.4 Å². The van der Waals surface area contributed by atoms with E-state index < -0.39 is 0 Å². The number of hydrogen-bond acceptors (Lipinski definition) is 6. The number of pyridine rings is 2. The molecule has 0 aliphatic heterocycles. The second kappa shape index (κ2) is 13.1. The Balaban J connectivity index is 0.000000469. The fraction of sp³-hybridized carbons (Fsp3) is 0.296. The molecule has 0 aliphatic carbocycles. The molecule has 0 fully saturated rings. The number of anilines is 2. The zero-order chi connectivity index (χ0) is 24.2. The summed E-state index contributed by atoms with van der Waals surface area (Å²) in [5.74, 6) is 0.957. The van der Waals surface area contributed by atoms with Gasteiger partial charge >= 0.3 is 0 Å². The highest BCUT2D eigenvalue weighted by Gasteiger charge is 2.07. The maximum Gasteiger partial charge on any atom is 0.146 e. The van der Waals surface area contributed by atoms with Gasteiger partial charge in [0.2, 0.25) is 0 Å². The minimum Gasteiger partial charge on any atom is -0.382 e. The predicted molar refractivity (Wildman–Crippen MR) is 141 cm³/mol. The average Bonchev–Trinajstić information content (AvgIpc) is 3.30. The fourth-order valence-corrected chi connectivity index (χ4v) is 3.37. The zero-order valence-electron chi connectivity index (χ0n) is 20.3. The van der Waals surface area contributed by atoms with Crippen LogP contribution in [-0.4, -0.2) is 39.4 Å². The zero-order valence-corrected chi connectivity index (χ0v) is 20.3. The Morgan fingerprint density at radius 2 is 1.68 bits per heavy atom. The van der Waals surface area contributed by atoms with E-state index in [-0.39, 0.29) is 0 Å². The van der Waals surface area contributed by atoms with Crippen molar-refractivity contribution in [3.8, 4) is 11.1 Å². The third-order valence-electron chi connectivity index (χ3n) is 5.42. The molecule has 0 saturated heterocycles. The van der Waals surface area contributed by atoms with Crippen LogP contribution in [0.2, 0.25) is 0 Å². The van der Waals surface area contributed by atoms with Crippen molar-refractivity contribution in [2.45, 2.75) is 26.2 Å². The summed E-state index contributed by atoms with van der Waals surface area (Å²) in [5, 5.41) is 11.1. The van der Waals surface area contributed by atoms with Crippen molar-refractivity contribution in [2.75, 3.05) is 30.7 Å². The third kappa shape index (κ3) is 8.01. The minimum atomic E-state index is 0.442. The molecule has 0 spiro atoms. The minimum absolute atomic E-state index is 0.442. The summed E-state index contributed by atoms with van der Waals surface area (Å²) in [7, 11) is 1.90. The summed E-state index contributed by atoms with van der Waals surface area (Å²) in [6.45, 7) is 6.93. The van der Waals surface area contributed by atoms with E-state index in [2.05, 4.69) is 44.8 Å². The van der Waals surface area contributed by atoms with E-state index in [1.807, 2.05) is 75.0 Å². The number of nitrogen functional groups attached to an aromatic ring is 1. The largest absolute Gasteiger partial charge is 0.382 e. The van der Waals surface area contributed by atoms with Gasteiger partial charge in [-0.3, -0.25) is 9.67 Å². The summed E-state index contributed by atoms with van der Waals surface area (Å²) in [6.07, 6.45) is 8.53. The van der Waals surface area contributed by atoms with Gasteiger partial charge in [-0.1, -0.05) is 49.4 Å². The monoisotopic (exact) mass is 457 g/mol. The van der Waals surface area contributed by atoms with Gasteiger partial charge in [-0.2, -0.15) is 5.10 Å². The van der Waals surface area contributed by atoms with Crippen LogP contribution >= 0.6 is 0 Å². The lowest BCUT2D eigenvalue weighted by Crippen LogP contribution is -2.23. The first-order valence-corrected chi connectivity index (χ1v) is 11.6. The van der Waals surface area contributed by atoms with Crippen LogP contribution in [0.25, 0.3) is 11.1 Å². The normalized spacial score (nSPS) is 11.4. The molecule has 1 unspecified atom stereocenters. The van der Waals surface area contributed by atoms with Crippen molar-refractivity contribution in [1.82, 2.24) is 25.1 Å². The van der Waals surface area contributed by atoms with E-state index in [0.29, 0.717) is 11.7 Å². The van der Waals surface area contributed by atoms with Crippen LogP contribution in [0.5, 0.6) is 0 Å². The first kappa shape index (κ1) is 24.9. The molecule has 4 rings (SSSR count). The van der Waals surface area contributed by atoms with Crippen molar-refractivity contribution in [3.63, 3.8) is 0 Å². The van der Waals surface area contributed by atoms with Crippen LogP contribution < -0.4 is 16.4 Å². The Morgan fingerprint density at radius 3 is 2.29 bits per heavy atom. The van der Waals surface area contributed by atoms with E-state index in [9.17, 15) is 0 Å². The number of rotatable bonds is 9. The first-order valence-electron chi connectivity index (χ1n) is 11.6. The molecule has 3 heterocycles. The van der Waals surface area contributed by atoms with Gasteiger partial charge in [0.05, 0.1) is 11.9 Å². The van der Waals surface area contributed by atoms with E-state index in [4.69, 9.17) is 5.73 Å².